The summed E-state index contributed by atoms with van der Waals surface area (Å²) in [5.74, 6) is -0.0400. The number of carbonyl (C=O) groups is 1. The molecule has 1 fully saturated rings. The first-order valence-corrected chi connectivity index (χ1v) is 7.24. The van der Waals surface area contributed by atoms with E-state index in [1.54, 1.807) is 12.1 Å². The molecule has 0 spiro atoms. The fourth-order valence-corrected chi connectivity index (χ4v) is 2.69. The third kappa shape index (κ3) is 2.69. The van der Waals surface area contributed by atoms with Gasteiger partial charge in [-0.1, -0.05) is 0 Å². The lowest BCUT2D eigenvalue weighted by molar-refractivity contribution is -0.384. The fourth-order valence-electron chi connectivity index (χ4n) is 2.69. The van der Waals surface area contributed by atoms with E-state index in [9.17, 15) is 14.9 Å². The lowest BCUT2D eigenvalue weighted by atomic mass is 10.1. The molecule has 22 heavy (non-hydrogen) atoms. The molecule has 1 saturated heterocycles. The van der Waals surface area contributed by atoms with Gasteiger partial charge < -0.3 is 4.90 Å². The minimum atomic E-state index is -0.448. The van der Waals surface area contributed by atoms with E-state index in [1.165, 1.54) is 18.3 Å². The van der Waals surface area contributed by atoms with Crippen LogP contribution in [0.3, 0.4) is 0 Å². The largest absolute Gasteiger partial charge is 0.339 e. The van der Waals surface area contributed by atoms with Crippen molar-refractivity contribution in [2.24, 2.45) is 0 Å². The number of rotatable bonds is 3. The number of non-ortho nitro benzene ring substituents is 1. The van der Waals surface area contributed by atoms with E-state index in [-0.39, 0.29) is 11.6 Å². The van der Waals surface area contributed by atoms with Gasteiger partial charge in [0.2, 0.25) is 0 Å². The maximum absolute atomic E-state index is 12.6. The molecule has 0 saturated carbocycles. The average molecular weight is 300 g/mol. The first kappa shape index (κ1) is 14.2. The Morgan fingerprint density at radius 1 is 1.18 bits per heavy atom. The summed E-state index contributed by atoms with van der Waals surface area (Å²) in [7, 11) is 0. The second-order valence-corrected chi connectivity index (χ2v) is 5.32. The minimum Gasteiger partial charge on any atom is -0.339 e. The van der Waals surface area contributed by atoms with Crippen LogP contribution >= 0.6 is 0 Å². The number of nitrogens with one attached hydrogen (secondary N) is 1. The van der Waals surface area contributed by atoms with Gasteiger partial charge in [-0.3, -0.25) is 20.0 Å². The van der Waals surface area contributed by atoms with E-state index in [0.29, 0.717) is 16.8 Å². The maximum Gasteiger partial charge on any atom is 0.269 e. The zero-order chi connectivity index (χ0) is 15.5. The molecule has 1 aliphatic rings. The first-order valence-electron chi connectivity index (χ1n) is 7.24. The predicted octanol–water partition coefficient (Wildman–Crippen LogP) is 2.61. The number of H-pyrrole nitrogens is 1. The molecule has 1 aliphatic heterocycles. The van der Waals surface area contributed by atoms with Crippen molar-refractivity contribution in [2.45, 2.75) is 19.3 Å². The predicted molar refractivity (Wildman–Crippen MR) is 80.4 cm³/mol. The summed E-state index contributed by atoms with van der Waals surface area (Å²) in [5.41, 5.74) is 1.84. The zero-order valence-corrected chi connectivity index (χ0v) is 12.0. The molecule has 7 heteroatoms. The van der Waals surface area contributed by atoms with E-state index in [0.717, 1.165) is 32.4 Å². The Balaban J connectivity index is 1.88. The topological polar surface area (TPSA) is 92.1 Å². The summed E-state index contributed by atoms with van der Waals surface area (Å²) in [6, 6.07) is 6.09. The van der Waals surface area contributed by atoms with Gasteiger partial charge >= 0.3 is 0 Å². The molecular weight excluding hydrogens is 284 g/mol. The zero-order valence-electron chi connectivity index (χ0n) is 12.0. The van der Waals surface area contributed by atoms with Gasteiger partial charge in [-0.2, -0.15) is 5.10 Å². The van der Waals surface area contributed by atoms with Gasteiger partial charge in [0.05, 0.1) is 22.4 Å². The molecule has 1 N–H and O–H groups in total. The molecule has 1 aromatic heterocycles. The van der Waals surface area contributed by atoms with Crippen LogP contribution in [0.1, 0.15) is 29.6 Å². The van der Waals surface area contributed by atoms with Gasteiger partial charge in [0.25, 0.3) is 11.6 Å². The summed E-state index contributed by atoms with van der Waals surface area (Å²) in [6.45, 7) is 1.54. The number of carbonyl (C=O) groups excluding carboxylic acids is 1. The van der Waals surface area contributed by atoms with Crippen LogP contribution < -0.4 is 0 Å². The number of hydrogen-bond acceptors (Lipinski definition) is 4. The van der Waals surface area contributed by atoms with E-state index in [2.05, 4.69) is 10.2 Å². The Kier molecular flexibility index (Phi) is 3.86. The molecule has 1 amide bonds. The van der Waals surface area contributed by atoms with E-state index >= 15 is 0 Å². The van der Waals surface area contributed by atoms with Crippen molar-refractivity contribution in [1.29, 1.82) is 0 Å². The number of aromatic amines is 1. The van der Waals surface area contributed by atoms with Crippen LogP contribution in [-0.2, 0) is 0 Å². The highest BCUT2D eigenvalue weighted by atomic mass is 16.6. The van der Waals surface area contributed by atoms with Crippen LogP contribution in [0.2, 0.25) is 0 Å². The number of nitro groups is 1. The molecule has 7 nitrogen and oxygen atoms in total. The van der Waals surface area contributed by atoms with E-state index in [4.69, 9.17) is 0 Å². The van der Waals surface area contributed by atoms with Crippen molar-refractivity contribution in [1.82, 2.24) is 15.1 Å². The van der Waals surface area contributed by atoms with Crippen molar-refractivity contribution in [3.8, 4) is 11.3 Å². The number of hydrogen-bond donors (Lipinski definition) is 1. The Morgan fingerprint density at radius 2 is 1.86 bits per heavy atom. The van der Waals surface area contributed by atoms with E-state index < -0.39 is 4.92 Å². The highest BCUT2D eigenvalue weighted by Crippen LogP contribution is 2.25. The second kappa shape index (κ2) is 5.97. The molecule has 0 bridgehead atoms. The number of piperidine rings is 1. The number of likely N-dealkylation sites (tertiary alicyclic amines) is 1. The van der Waals surface area contributed by atoms with Gasteiger partial charge in [-0.25, -0.2) is 0 Å². The molecule has 114 valence electrons. The number of aromatic nitrogens is 2. The van der Waals surface area contributed by atoms with Crippen molar-refractivity contribution in [3.05, 3.63) is 46.1 Å². The van der Waals surface area contributed by atoms with Gasteiger partial charge in [0.1, 0.15) is 0 Å². The van der Waals surface area contributed by atoms with Crippen molar-refractivity contribution in [2.75, 3.05) is 13.1 Å². The number of nitro benzene ring substituents is 1. The molecule has 0 atom stereocenters. The van der Waals surface area contributed by atoms with Gasteiger partial charge in [0, 0.05) is 30.8 Å². The van der Waals surface area contributed by atoms with Crippen molar-refractivity contribution < 1.29 is 9.72 Å². The number of amides is 1. The van der Waals surface area contributed by atoms with Gasteiger partial charge in [-0.05, 0) is 31.4 Å². The van der Waals surface area contributed by atoms with Crippen molar-refractivity contribution in [3.63, 3.8) is 0 Å². The third-order valence-electron chi connectivity index (χ3n) is 3.88. The highest BCUT2D eigenvalue weighted by molar-refractivity contribution is 5.99. The molecule has 0 aliphatic carbocycles. The van der Waals surface area contributed by atoms with Crippen LogP contribution in [0.25, 0.3) is 11.3 Å². The standard InChI is InChI=1S/C15H16N4O3/c20-15(18-8-2-1-3-9-18)13-10-16-17-14(13)11-4-6-12(7-5-11)19(21)22/h4-7,10H,1-3,8-9H2,(H,16,17). The van der Waals surface area contributed by atoms with Crippen LogP contribution in [0.15, 0.2) is 30.5 Å². The molecule has 2 aromatic rings. The molecular formula is C15H16N4O3. The van der Waals surface area contributed by atoms with Crippen LogP contribution in [-0.4, -0.2) is 39.0 Å². The monoisotopic (exact) mass is 300 g/mol. The molecule has 2 heterocycles. The Bertz CT molecular complexity index is 687. The molecule has 1 aromatic carbocycles. The SMILES string of the molecule is O=C(c1cn[nH]c1-c1ccc([N+](=O)[O-])cc1)N1CCCCC1. The second-order valence-electron chi connectivity index (χ2n) is 5.32. The minimum absolute atomic E-state index is 0.0205. The normalized spacial score (nSPS) is 14.8. The fraction of sp³-hybridized carbons (Fsp3) is 0.333. The average Bonchev–Trinajstić information content (AvgIpc) is 3.04. The molecule has 3 rings (SSSR count). The van der Waals surface area contributed by atoms with Crippen LogP contribution in [0.5, 0.6) is 0 Å². The number of benzene rings is 1. The molecule has 0 radical (unpaired) electrons. The maximum atomic E-state index is 12.6. The van der Waals surface area contributed by atoms with Crippen LogP contribution in [0, 0.1) is 10.1 Å². The van der Waals surface area contributed by atoms with Gasteiger partial charge in [0.15, 0.2) is 0 Å². The Morgan fingerprint density at radius 3 is 2.50 bits per heavy atom. The first-order chi connectivity index (χ1) is 10.7. The van der Waals surface area contributed by atoms with Gasteiger partial charge in [-0.15, -0.1) is 0 Å². The van der Waals surface area contributed by atoms with E-state index in [1.807, 2.05) is 4.90 Å². The smallest absolute Gasteiger partial charge is 0.269 e. The Labute approximate surface area is 127 Å². The lowest BCUT2D eigenvalue weighted by Gasteiger charge is -2.26. The summed E-state index contributed by atoms with van der Waals surface area (Å²) >= 11 is 0. The van der Waals surface area contributed by atoms with Crippen molar-refractivity contribution >= 4 is 11.6 Å². The third-order valence-corrected chi connectivity index (χ3v) is 3.88. The summed E-state index contributed by atoms with van der Waals surface area (Å²) in [6.07, 6.45) is 4.73. The van der Waals surface area contributed by atoms with Crippen LogP contribution in [0.4, 0.5) is 5.69 Å². The molecule has 0 unspecified atom stereocenters. The quantitative estimate of drug-likeness (QED) is 0.696. The summed E-state index contributed by atoms with van der Waals surface area (Å²) < 4.78 is 0. The summed E-state index contributed by atoms with van der Waals surface area (Å²) in [5, 5.41) is 17.5. The summed E-state index contributed by atoms with van der Waals surface area (Å²) in [4.78, 5) is 24.7. The lowest BCUT2D eigenvalue weighted by Crippen LogP contribution is -2.35. The number of nitrogens with zero attached hydrogens (tertiary/aromatic N) is 3. The Hall–Kier alpha value is -2.70. The highest BCUT2D eigenvalue weighted by Gasteiger charge is 2.22.